The van der Waals surface area contributed by atoms with Crippen molar-refractivity contribution in [2.24, 2.45) is 7.05 Å². The first-order valence-corrected chi connectivity index (χ1v) is 6.43. The minimum Gasteiger partial charge on any atom is -0.307 e. The fourth-order valence-electron chi connectivity index (χ4n) is 1.76. The minimum atomic E-state index is -0.449. The van der Waals surface area contributed by atoms with Crippen LogP contribution in [0.4, 0.5) is 10.1 Å². The normalized spacial score (nSPS) is 10.6. The van der Waals surface area contributed by atoms with E-state index in [-0.39, 0.29) is 11.6 Å². The third-order valence-corrected chi connectivity index (χ3v) is 3.79. The van der Waals surface area contributed by atoms with Gasteiger partial charge in [-0.15, -0.1) is 0 Å². The van der Waals surface area contributed by atoms with Crippen molar-refractivity contribution >= 4 is 27.5 Å². The molecule has 0 N–H and O–H groups in total. The molecule has 4 nitrogen and oxygen atoms in total. The molecule has 1 heterocycles. The van der Waals surface area contributed by atoms with E-state index >= 15 is 0 Å². The molecule has 0 saturated carbocycles. The number of carbonyl (C=O) groups excluding carboxylic acids is 1. The van der Waals surface area contributed by atoms with Gasteiger partial charge in [-0.05, 0) is 30.7 Å². The molecule has 100 valence electrons. The van der Waals surface area contributed by atoms with Crippen molar-refractivity contribution < 1.29 is 9.18 Å². The summed E-state index contributed by atoms with van der Waals surface area (Å²) in [5.74, 6) is -0.754. The van der Waals surface area contributed by atoms with Crippen molar-refractivity contribution in [2.75, 3.05) is 11.9 Å². The molecule has 0 radical (unpaired) electrons. The second-order valence-corrected chi connectivity index (χ2v) is 5.11. The summed E-state index contributed by atoms with van der Waals surface area (Å²) >= 11 is 3.26. The number of halogens is 2. The summed E-state index contributed by atoms with van der Waals surface area (Å²) in [5.41, 5.74) is 1.51. The maximum atomic E-state index is 13.9. The maximum absolute atomic E-state index is 13.9. The molecular weight excluding hydrogens is 313 g/mol. The number of hydrogen-bond acceptors (Lipinski definition) is 2. The lowest BCUT2D eigenvalue weighted by Gasteiger charge is -2.19. The van der Waals surface area contributed by atoms with Gasteiger partial charge in [-0.1, -0.05) is 15.9 Å². The molecule has 1 amide bonds. The van der Waals surface area contributed by atoms with Crippen molar-refractivity contribution in [1.29, 1.82) is 0 Å². The molecule has 0 atom stereocenters. The zero-order valence-corrected chi connectivity index (χ0v) is 12.4. The van der Waals surface area contributed by atoms with Crippen LogP contribution < -0.4 is 4.90 Å². The minimum absolute atomic E-state index is 0.243. The number of aromatic nitrogens is 2. The third-order valence-electron chi connectivity index (χ3n) is 2.93. The summed E-state index contributed by atoms with van der Waals surface area (Å²) in [6.45, 7) is 1.84. The Morgan fingerprint density at radius 3 is 2.74 bits per heavy atom. The Labute approximate surface area is 119 Å². The molecule has 0 unspecified atom stereocenters. The number of aryl methyl sites for hydroxylation is 2. The number of amides is 1. The van der Waals surface area contributed by atoms with Crippen LogP contribution in [0.25, 0.3) is 0 Å². The number of benzene rings is 1. The van der Waals surface area contributed by atoms with Crippen molar-refractivity contribution in [3.05, 3.63) is 45.9 Å². The molecule has 1 aromatic carbocycles. The second kappa shape index (κ2) is 5.13. The van der Waals surface area contributed by atoms with Crippen molar-refractivity contribution in [2.45, 2.75) is 6.92 Å². The fourth-order valence-corrected chi connectivity index (χ4v) is 2.08. The Balaban J connectivity index is 2.40. The van der Waals surface area contributed by atoms with Gasteiger partial charge in [0, 0.05) is 24.8 Å². The molecular formula is C13H13BrFN3O. The average molecular weight is 326 g/mol. The van der Waals surface area contributed by atoms with Crippen LogP contribution in [0.5, 0.6) is 0 Å². The van der Waals surface area contributed by atoms with Crippen molar-refractivity contribution in [3.8, 4) is 0 Å². The lowest BCUT2D eigenvalue weighted by atomic mass is 10.2. The van der Waals surface area contributed by atoms with Gasteiger partial charge in [0.15, 0.2) is 0 Å². The van der Waals surface area contributed by atoms with Crippen LogP contribution in [0.15, 0.2) is 28.9 Å². The highest BCUT2D eigenvalue weighted by atomic mass is 79.9. The summed E-state index contributed by atoms with van der Waals surface area (Å²) in [5, 5.41) is 3.94. The Morgan fingerprint density at radius 2 is 2.16 bits per heavy atom. The van der Waals surface area contributed by atoms with Crippen LogP contribution in [0, 0.1) is 12.7 Å². The summed E-state index contributed by atoms with van der Waals surface area (Å²) in [4.78, 5) is 13.5. The predicted octanol–water partition coefficient (Wildman–Crippen LogP) is 2.91. The largest absolute Gasteiger partial charge is 0.307 e. The van der Waals surface area contributed by atoms with Gasteiger partial charge < -0.3 is 4.90 Å². The molecule has 0 fully saturated rings. The molecule has 0 bridgehead atoms. The summed E-state index contributed by atoms with van der Waals surface area (Å²) in [6, 6.07) is 4.59. The molecule has 6 heteroatoms. The van der Waals surface area contributed by atoms with Gasteiger partial charge in [0.1, 0.15) is 11.5 Å². The van der Waals surface area contributed by atoms with Gasteiger partial charge in [-0.3, -0.25) is 9.48 Å². The highest BCUT2D eigenvalue weighted by Crippen LogP contribution is 2.27. The molecule has 0 aliphatic carbocycles. The molecule has 0 saturated heterocycles. The lowest BCUT2D eigenvalue weighted by molar-refractivity contribution is 0.0983. The van der Waals surface area contributed by atoms with Crippen LogP contribution in [0.3, 0.4) is 0 Å². The first-order valence-electron chi connectivity index (χ1n) is 5.63. The average Bonchev–Trinajstić information content (AvgIpc) is 2.78. The Morgan fingerprint density at radius 1 is 1.47 bits per heavy atom. The smallest absolute Gasteiger partial charge is 0.276 e. The zero-order chi connectivity index (χ0) is 14.2. The van der Waals surface area contributed by atoms with Crippen LogP contribution in [0.1, 0.15) is 16.1 Å². The van der Waals surface area contributed by atoms with Crippen LogP contribution >= 0.6 is 15.9 Å². The van der Waals surface area contributed by atoms with Crippen LogP contribution in [-0.4, -0.2) is 22.7 Å². The predicted molar refractivity (Wildman–Crippen MR) is 74.8 cm³/mol. The number of nitrogens with zero attached hydrogens (tertiary/aromatic N) is 3. The standard InChI is InChI=1S/C13H13BrFN3O/c1-8-6-12(10(15)7-9(8)14)17(2)13(19)11-4-5-16-18(11)3/h4-7H,1-3H3. The molecule has 2 aromatic rings. The Kier molecular flexibility index (Phi) is 3.71. The van der Waals surface area contributed by atoms with E-state index in [4.69, 9.17) is 0 Å². The highest BCUT2D eigenvalue weighted by molar-refractivity contribution is 9.10. The van der Waals surface area contributed by atoms with Gasteiger partial charge in [0.05, 0.1) is 5.69 Å². The summed E-state index contributed by atoms with van der Waals surface area (Å²) < 4.78 is 16.1. The molecule has 2 rings (SSSR count). The van der Waals surface area contributed by atoms with Crippen molar-refractivity contribution in [3.63, 3.8) is 0 Å². The first-order chi connectivity index (χ1) is 8.91. The Hall–Kier alpha value is -1.69. The van der Waals surface area contributed by atoms with E-state index in [1.165, 1.54) is 21.8 Å². The lowest BCUT2D eigenvalue weighted by Crippen LogP contribution is -2.29. The monoisotopic (exact) mass is 325 g/mol. The quantitative estimate of drug-likeness (QED) is 0.851. The maximum Gasteiger partial charge on any atom is 0.276 e. The van der Waals surface area contributed by atoms with E-state index in [0.29, 0.717) is 10.2 Å². The van der Waals surface area contributed by atoms with E-state index in [2.05, 4.69) is 21.0 Å². The number of rotatable bonds is 2. The van der Waals surface area contributed by atoms with Crippen LogP contribution in [-0.2, 0) is 7.05 Å². The zero-order valence-electron chi connectivity index (χ0n) is 10.8. The van der Waals surface area contributed by atoms with Gasteiger partial charge in [-0.25, -0.2) is 4.39 Å². The molecule has 19 heavy (non-hydrogen) atoms. The number of carbonyl (C=O) groups is 1. The van der Waals surface area contributed by atoms with E-state index in [1.54, 1.807) is 26.2 Å². The summed E-state index contributed by atoms with van der Waals surface area (Å²) in [7, 11) is 3.21. The number of hydrogen-bond donors (Lipinski definition) is 0. The third kappa shape index (κ3) is 2.53. The Bertz CT molecular complexity index is 639. The van der Waals surface area contributed by atoms with Gasteiger partial charge in [0.25, 0.3) is 5.91 Å². The SMILES string of the molecule is Cc1cc(N(C)C(=O)c2ccnn2C)c(F)cc1Br. The number of anilines is 1. The molecule has 0 spiro atoms. The topological polar surface area (TPSA) is 38.1 Å². The van der Waals surface area contributed by atoms with Crippen LogP contribution in [0.2, 0.25) is 0 Å². The van der Waals surface area contributed by atoms with E-state index in [0.717, 1.165) is 5.56 Å². The van der Waals surface area contributed by atoms with Gasteiger partial charge in [-0.2, -0.15) is 5.10 Å². The van der Waals surface area contributed by atoms with Gasteiger partial charge in [0.2, 0.25) is 0 Å². The van der Waals surface area contributed by atoms with E-state index < -0.39 is 5.82 Å². The molecule has 1 aromatic heterocycles. The highest BCUT2D eigenvalue weighted by Gasteiger charge is 2.20. The first kappa shape index (κ1) is 13.7. The summed E-state index contributed by atoms with van der Waals surface area (Å²) in [6.07, 6.45) is 1.53. The molecule has 0 aliphatic heterocycles. The van der Waals surface area contributed by atoms with E-state index in [9.17, 15) is 9.18 Å². The second-order valence-electron chi connectivity index (χ2n) is 4.26. The van der Waals surface area contributed by atoms with Gasteiger partial charge >= 0.3 is 0 Å². The fraction of sp³-hybridized carbons (Fsp3) is 0.231. The van der Waals surface area contributed by atoms with Crippen molar-refractivity contribution in [1.82, 2.24) is 9.78 Å². The van der Waals surface area contributed by atoms with E-state index in [1.807, 2.05) is 6.92 Å². The molecule has 0 aliphatic rings.